The molecule has 12 nitrogen and oxygen atoms in total. The Kier molecular flexibility index (Phi) is 13.2. The number of phenols is 1. The van der Waals surface area contributed by atoms with Crippen molar-refractivity contribution in [2.24, 2.45) is 17.6 Å². The van der Waals surface area contributed by atoms with Crippen LogP contribution in [0.4, 0.5) is 0 Å². The predicted octanol–water partition coefficient (Wildman–Crippen LogP) is 0.758. The highest BCUT2D eigenvalue weighted by Crippen LogP contribution is 2.13. The van der Waals surface area contributed by atoms with Crippen LogP contribution in [0.5, 0.6) is 5.75 Å². The number of hydrogen-bond donors (Lipinski definition) is 7. The van der Waals surface area contributed by atoms with Gasteiger partial charge in [0.05, 0.1) is 6.04 Å². The van der Waals surface area contributed by atoms with Crippen LogP contribution >= 0.6 is 0 Å². The molecule has 0 saturated carbocycles. The van der Waals surface area contributed by atoms with E-state index in [0.29, 0.717) is 12.0 Å². The molecule has 0 fully saturated rings. The highest BCUT2D eigenvalue weighted by molar-refractivity contribution is 5.94. The molecule has 0 aromatic heterocycles. The van der Waals surface area contributed by atoms with Gasteiger partial charge in [-0.15, -0.1) is 0 Å². The monoisotopic (exact) mass is 536 g/mol. The summed E-state index contributed by atoms with van der Waals surface area (Å²) < 4.78 is 0. The van der Waals surface area contributed by atoms with Gasteiger partial charge in [0.15, 0.2) is 0 Å². The van der Waals surface area contributed by atoms with E-state index in [-0.39, 0.29) is 36.8 Å². The first-order chi connectivity index (χ1) is 17.7. The molecule has 0 aliphatic carbocycles. The van der Waals surface area contributed by atoms with Gasteiger partial charge in [-0.1, -0.05) is 39.8 Å². The van der Waals surface area contributed by atoms with Gasteiger partial charge in [0.1, 0.15) is 23.9 Å². The molecule has 0 saturated heterocycles. The molecular formula is C26H40N4O8. The van der Waals surface area contributed by atoms with Crippen molar-refractivity contribution in [3.63, 3.8) is 0 Å². The second kappa shape index (κ2) is 15.6. The zero-order valence-corrected chi connectivity index (χ0v) is 22.3. The minimum Gasteiger partial charge on any atom is -0.508 e. The van der Waals surface area contributed by atoms with Crippen molar-refractivity contribution in [1.29, 1.82) is 0 Å². The molecule has 1 aromatic carbocycles. The topological polar surface area (TPSA) is 208 Å². The van der Waals surface area contributed by atoms with Gasteiger partial charge in [-0.2, -0.15) is 0 Å². The lowest BCUT2D eigenvalue weighted by molar-refractivity contribution is -0.142. The highest BCUT2D eigenvalue weighted by atomic mass is 16.4. The Morgan fingerprint density at radius 2 is 1.26 bits per heavy atom. The van der Waals surface area contributed by atoms with Crippen molar-refractivity contribution in [2.75, 3.05) is 0 Å². The maximum absolute atomic E-state index is 13.2. The number of aliphatic carboxylic acids is 2. The van der Waals surface area contributed by atoms with E-state index in [1.165, 1.54) is 12.1 Å². The minimum atomic E-state index is -1.29. The smallest absolute Gasteiger partial charge is 0.326 e. The average molecular weight is 537 g/mol. The summed E-state index contributed by atoms with van der Waals surface area (Å²) in [6.45, 7) is 7.35. The van der Waals surface area contributed by atoms with Crippen LogP contribution in [0.25, 0.3) is 0 Å². The van der Waals surface area contributed by atoms with Gasteiger partial charge >= 0.3 is 11.9 Å². The molecular weight excluding hydrogens is 496 g/mol. The van der Waals surface area contributed by atoms with E-state index >= 15 is 0 Å². The zero-order valence-electron chi connectivity index (χ0n) is 22.3. The van der Waals surface area contributed by atoms with Gasteiger partial charge in [0, 0.05) is 12.8 Å². The Labute approximate surface area is 222 Å². The van der Waals surface area contributed by atoms with Crippen LogP contribution in [0.1, 0.15) is 58.9 Å². The maximum atomic E-state index is 13.2. The number of benzene rings is 1. The molecule has 8 N–H and O–H groups in total. The van der Waals surface area contributed by atoms with Crippen LogP contribution in [0.2, 0.25) is 0 Å². The molecule has 0 spiro atoms. The van der Waals surface area contributed by atoms with E-state index in [9.17, 15) is 34.2 Å². The van der Waals surface area contributed by atoms with Crippen molar-refractivity contribution in [3.8, 4) is 5.75 Å². The highest BCUT2D eigenvalue weighted by Gasteiger charge is 2.31. The summed E-state index contributed by atoms with van der Waals surface area (Å²) in [5, 5.41) is 35.7. The van der Waals surface area contributed by atoms with Crippen LogP contribution in [0, 0.1) is 11.8 Å². The van der Waals surface area contributed by atoms with Gasteiger partial charge in [0.25, 0.3) is 0 Å². The molecule has 3 amide bonds. The Morgan fingerprint density at radius 1 is 0.763 bits per heavy atom. The van der Waals surface area contributed by atoms with E-state index in [4.69, 9.17) is 10.8 Å². The number of phenolic OH excluding ortho intramolecular Hbond substituents is 1. The van der Waals surface area contributed by atoms with Gasteiger partial charge < -0.3 is 37.0 Å². The molecule has 0 radical (unpaired) electrons. The van der Waals surface area contributed by atoms with Gasteiger partial charge in [-0.3, -0.25) is 19.2 Å². The molecule has 4 unspecified atom stereocenters. The molecule has 1 aromatic rings. The summed E-state index contributed by atoms with van der Waals surface area (Å²) in [5.41, 5.74) is 6.47. The maximum Gasteiger partial charge on any atom is 0.326 e. The number of carbonyl (C=O) groups is 5. The molecule has 212 valence electrons. The molecule has 38 heavy (non-hydrogen) atoms. The number of nitrogens with two attached hydrogens (primary N) is 1. The Balaban J connectivity index is 3.18. The predicted molar refractivity (Wildman–Crippen MR) is 139 cm³/mol. The molecule has 0 bridgehead atoms. The fraction of sp³-hybridized carbons (Fsp3) is 0.577. The number of carboxylic acids is 2. The number of aromatic hydroxyl groups is 1. The third-order valence-corrected chi connectivity index (χ3v) is 5.67. The van der Waals surface area contributed by atoms with Crippen LogP contribution in [0.3, 0.4) is 0 Å². The van der Waals surface area contributed by atoms with Gasteiger partial charge in [-0.25, -0.2) is 4.79 Å². The Bertz CT molecular complexity index is 964. The largest absolute Gasteiger partial charge is 0.508 e. The molecule has 0 heterocycles. The summed E-state index contributed by atoms with van der Waals surface area (Å²) in [5.74, 6) is -4.55. The molecule has 4 atom stereocenters. The first-order valence-electron chi connectivity index (χ1n) is 12.6. The number of nitrogens with one attached hydrogen (secondary N) is 3. The normalized spacial score (nSPS) is 14.3. The SMILES string of the molecule is CC(C)CC(N)C(=O)NC(CCC(=O)O)C(=O)NC(Cc1ccc(O)cc1)C(=O)NC(CC(C)C)C(=O)O. The molecule has 1 rings (SSSR count). The fourth-order valence-electron chi connectivity index (χ4n) is 3.74. The number of carbonyl (C=O) groups excluding carboxylic acids is 3. The zero-order chi connectivity index (χ0) is 29.0. The number of carboxylic acid groups (broad SMARTS) is 2. The van der Waals surface area contributed by atoms with Crippen LogP contribution < -0.4 is 21.7 Å². The summed E-state index contributed by atoms with van der Waals surface area (Å²) >= 11 is 0. The van der Waals surface area contributed by atoms with Crippen molar-refractivity contribution < 1.29 is 39.3 Å². The lowest BCUT2D eigenvalue weighted by Gasteiger charge is -2.26. The third kappa shape index (κ3) is 12.0. The summed E-state index contributed by atoms with van der Waals surface area (Å²) in [4.78, 5) is 61.8. The number of rotatable bonds is 16. The van der Waals surface area contributed by atoms with E-state index in [0.717, 1.165) is 0 Å². The third-order valence-electron chi connectivity index (χ3n) is 5.67. The van der Waals surface area contributed by atoms with Crippen molar-refractivity contribution in [2.45, 2.75) is 84.0 Å². The van der Waals surface area contributed by atoms with E-state index in [2.05, 4.69) is 16.0 Å². The average Bonchev–Trinajstić information content (AvgIpc) is 2.80. The second-order valence-electron chi connectivity index (χ2n) is 10.2. The lowest BCUT2D eigenvalue weighted by atomic mass is 10.0. The second-order valence-corrected chi connectivity index (χ2v) is 10.2. The van der Waals surface area contributed by atoms with Gasteiger partial charge in [0.2, 0.25) is 17.7 Å². The standard InChI is InChI=1S/C26H40N4O8/c1-14(2)11-18(27)23(34)28-19(9-10-22(32)33)24(35)29-20(13-16-5-7-17(31)8-6-16)25(36)30-21(26(37)38)12-15(3)4/h5-8,14-15,18-21,31H,9-13,27H2,1-4H3,(H,28,34)(H,29,35)(H,30,36)(H,32,33)(H,37,38). The van der Waals surface area contributed by atoms with Crippen molar-refractivity contribution in [3.05, 3.63) is 29.8 Å². The first-order valence-corrected chi connectivity index (χ1v) is 12.6. The first kappa shape index (κ1) is 32.4. The summed E-state index contributed by atoms with van der Waals surface area (Å²) in [6.07, 6.45) is -0.232. The van der Waals surface area contributed by atoms with E-state index < -0.39 is 60.2 Å². The fourth-order valence-corrected chi connectivity index (χ4v) is 3.74. The summed E-state index contributed by atoms with van der Waals surface area (Å²) in [7, 11) is 0. The van der Waals surface area contributed by atoms with Gasteiger partial charge in [-0.05, 0) is 48.8 Å². The van der Waals surface area contributed by atoms with Crippen molar-refractivity contribution >= 4 is 29.7 Å². The number of hydrogen-bond acceptors (Lipinski definition) is 7. The van der Waals surface area contributed by atoms with Crippen LogP contribution in [-0.2, 0) is 30.4 Å². The van der Waals surface area contributed by atoms with Crippen LogP contribution in [0.15, 0.2) is 24.3 Å². The van der Waals surface area contributed by atoms with Crippen molar-refractivity contribution in [1.82, 2.24) is 16.0 Å². The number of amides is 3. The minimum absolute atomic E-state index is 0.00385. The molecule has 0 aliphatic heterocycles. The Morgan fingerprint density at radius 3 is 1.76 bits per heavy atom. The van der Waals surface area contributed by atoms with E-state index in [1.54, 1.807) is 26.0 Å². The van der Waals surface area contributed by atoms with E-state index in [1.807, 2.05) is 13.8 Å². The lowest BCUT2D eigenvalue weighted by Crippen LogP contribution is -2.57. The molecule has 0 aliphatic rings. The molecule has 12 heteroatoms. The Hall–Kier alpha value is -3.67. The van der Waals surface area contributed by atoms with Crippen LogP contribution in [-0.4, -0.2) is 69.1 Å². The summed E-state index contributed by atoms with van der Waals surface area (Å²) in [6, 6.07) is 1.22. The quantitative estimate of drug-likeness (QED) is 0.159.